The van der Waals surface area contributed by atoms with Crippen molar-refractivity contribution >= 4 is 12.4 Å². The number of aromatic amines is 1. The summed E-state index contributed by atoms with van der Waals surface area (Å²) in [4.78, 5) is 15.0. The highest BCUT2D eigenvalue weighted by Crippen LogP contribution is 1.95. The maximum Gasteiger partial charge on any atom is 0.250 e. The second-order valence-corrected chi connectivity index (χ2v) is 1.52. The Balaban J connectivity index is 2.76. The van der Waals surface area contributed by atoms with Crippen molar-refractivity contribution in [2.45, 2.75) is 0 Å². The van der Waals surface area contributed by atoms with Gasteiger partial charge in [0.05, 0.1) is 0 Å². The lowest BCUT2D eigenvalue weighted by atomic mass is 10.8. The van der Waals surface area contributed by atoms with Gasteiger partial charge in [-0.1, -0.05) is 0 Å². The molecule has 9 heavy (non-hydrogen) atoms. The fraction of sp³-hybridized carbons (Fsp3) is 0.250. The molecule has 48 valence electrons. The third-order valence-corrected chi connectivity index (χ3v) is 0.876. The Hall–Kier alpha value is -1.39. The Morgan fingerprint density at radius 2 is 2.67 bits per heavy atom. The predicted molar refractivity (Wildman–Crippen MR) is 30.8 cm³/mol. The Morgan fingerprint density at radius 3 is 3.11 bits per heavy atom. The molecule has 0 aliphatic rings. The van der Waals surface area contributed by atoms with Gasteiger partial charge in [-0.2, -0.15) is 0 Å². The maximum absolute atomic E-state index is 10.0. The number of aromatic nitrogens is 3. The number of anilines is 1. The predicted octanol–water partition coefficient (Wildman–Crippen LogP) is -0.603. The zero-order chi connectivity index (χ0) is 6.69. The number of rotatable bonds is 2. The number of carbonyl (C=O) groups excluding carboxylic acids is 1. The number of hydrogen-bond donors (Lipinski definition) is 1. The van der Waals surface area contributed by atoms with Gasteiger partial charge in [0.25, 0.3) is 5.95 Å². The topological polar surface area (TPSA) is 61.9 Å². The van der Waals surface area contributed by atoms with E-state index in [2.05, 4.69) is 15.2 Å². The first-order valence-corrected chi connectivity index (χ1v) is 2.38. The molecule has 0 spiro atoms. The van der Waals surface area contributed by atoms with Crippen LogP contribution in [-0.2, 0) is 4.79 Å². The van der Waals surface area contributed by atoms with E-state index in [1.54, 1.807) is 7.05 Å². The Kier molecular flexibility index (Phi) is 1.44. The van der Waals surface area contributed by atoms with E-state index in [0.29, 0.717) is 12.4 Å². The van der Waals surface area contributed by atoms with Crippen LogP contribution in [0.3, 0.4) is 0 Å². The summed E-state index contributed by atoms with van der Waals surface area (Å²) in [6, 6.07) is 0. The van der Waals surface area contributed by atoms with Crippen molar-refractivity contribution in [1.29, 1.82) is 0 Å². The lowest BCUT2D eigenvalue weighted by Crippen LogP contribution is -2.14. The molecule has 5 heteroatoms. The molecule has 1 aromatic heterocycles. The fourth-order valence-electron chi connectivity index (χ4n) is 0.419. The summed E-state index contributed by atoms with van der Waals surface area (Å²) in [5.41, 5.74) is 0. The van der Waals surface area contributed by atoms with Crippen molar-refractivity contribution in [2.24, 2.45) is 0 Å². The van der Waals surface area contributed by atoms with Crippen LogP contribution in [0.2, 0.25) is 0 Å². The quantitative estimate of drug-likeness (QED) is 0.538. The number of nitrogens with one attached hydrogen (secondary N) is 1. The van der Waals surface area contributed by atoms with Crippen LogP contribution in [0.15, 0.2) is 6.33 Å². The summed E-state index contributed by atoms with van der Waals surface area (Å²) in [7, 11) is 1.58. The van der Waals surface area contributed by atoms with Crippen LogP contribution >= 0.6 is 0 Å². The molecule has 0 aromatic carbocycles. The largest absolute Gasteiger partial charge is 0.285 e. The van der Waals surface area contributed by atoms with Gasteiger partial charge in [-0.25, -0.2) is 4.98 Å². The van der Waals surface area contributed by atoms with Gasteiger partial charge < -0.3 is 0 Å². The van der Waals surface area contributed by atoms with Gasteiger partial charge in [0, 0.05) is 7.05 Å². The second-order valence-electron chi connectivity index (χ2n) is 1.52. The molecule has 0 saturated heterocycles. The first-order valence-electron chi connectivity index (χ1n) is 2.38. The number of nitrogens with zero attached hydrogens (tertiary/aromatic N) is 3. The van der Waals surface area contributed by atoms with E-state index in [1.807, 2.05) is 0 Å². The van der Waals surface area contributed by atoms with Gasteiger partial charge in [-0.3, -0.25) is 14.8 Å². The normalized spacial score (nSPS) is 9.00. The summed E-state index contributed by atoms with van der Waals surface area (Å²) in [6.45, 7) is 0. The van der Waals surface area contributed by atoms with Crippen LogP contribution < -0.4 is 4.90 Å². The first kappa shape index (κ1) is 5.74. The highest BCUT2D eigenvalue weighted by atomic mass is 16.1. The number of hydrogen-bond acceptors (Lipinski definition) is 3. The van der Waals surface area contributed by atoms with Crippen LogP contribution in [0.4, 0.5) is 5.95 Å². The Bertz CT molecular complexity index is 182. The molecule has 1 heterocycles. The van der Waals surface area contributed by atoms with Gasteiger partial charge in [0.15, 0.2) is 0 Å². The molecule has 0 radical (unpaired) electrons. The fourth-order valence-corrected chi connectivity index (χ4v) is 0.419. The smallest absolute Gasteiger partial charge is 0.250 e. The molecule has 0 saturated carbocycles. The van der Waals surface area contributed by atoms with Crippen LogP contribution in [0, 0.1) is 0 Å². The maximum atomic E-state index is 10.0. The van der Waals surface area contributed by atoms with E-state index in [9.17, 15) is 4.79 Å². The molecule has 0 unspecified atom stereocenters. The molecule has 1 rings (SSSR count). The summed E-state index contributed by atoms with van der Waals surface area (Å²) in [6.07, 6.45) is 2.05. The molecule has 1 amide bonds. The molecule has 0 aliphatic heterocycles. The van der Waals surface area contributed by atoms with Gasteiger partial charge in [-0.15, -0.1) is 5.10 Å². The minimum absolute atomic E-state index is 0.380. The molecule has 0 aliphatic carbocycles. The molecular weight excluding hydrogens is 120 g/mol. The minimum atomic E-state index is 0.380. The summed E-state index contributed by atoms with van der Waals surface area (Å²) < 4.78 is 0. The lowest BCUT2D eigenvalue weighted by Gasteiger charge is -2.00. The molecule has 0 atom stereocenters. The van der Waals surface area contributed by atoms with E-state index in [1.165, 1.54) is 11.2 Å². The monoisotopic (exact) mass is 126 g/mol. The molecule has 1 aromatic rings. The molecule has 0 bridgehead atoms. The third kappa shape index (κ3) is 1.04. The van der Waals surface area contributed by atoms with Crippen molar-refractivity contribution in [3.63, 3.8) is 0 Å². The molecule has 1 N–H and O–H groups in total. The third-order valence-electron chi connectivity index (χ3n) is 0.876. The second kappa shape index (κ2) is 2.25. The number of amides is 1. The first-order chi connectivity index (χ1) is 4.34. The zero-order valence-corrected chi connectivity index (χ0v) is 4.90. The van der Waals surface area contributed by atoms with Crippen molar-refractivity contribution in [1.82, 2.24) is 15.2 Å². The average molecular weight is 126 g/mol. The van der Waals surface area contributed by atoms with E-state index in [4.69, 9.17) is 0 Å². The standard InChI is InChI=1S/C4H6N4O/c1-8(3-9)4-5-2-6-7-4/h2-3H,1H3,(H,5,6,7). The van der Waals surface area contributed by atoms with Crippen molar-refractivity contribution < 1.29 is 4.79 Å². The molecular formula is C4H6N4O. The summed E-state index contributed by atoms with van der Waals surface area (Å²) in [5.74, 6) is 0.380. The van der Waals surface area contributed by atoms with E-state index < -0.39 is 0 Å². The molecule has 0 fully saturated rings. The highest BCUT2D eigenvalue weighted by molar-refractivity contribution is 5.69. The molecule has 5 nitrogen and oxygen atoms in total. The van der Waals surface area contributed by atoms with E-state index >= 15 is 0 Å². The summed E-state index contributed by atoms with van der Waals surface area (Å²) in [5, 5.41) is 6.13. The van der Waals surface area contributed by atoms with Gasteiger partial charge in [0.2, 0.25) is 6.41 Å². The van der Waals surface area contributed by atoms with E-state index in [0.717, 1.165) is 0 Å². The van der Waals surface area contributed by atoms with Crippen LogP contribution in [0.1, 0.15) is 0 Å². The van der Waals surface area contributed by atoms with Gasteiger partial charge in [-0.05, 0) is 0 Å². The van der Waals surface area contributed by atoms with Gasteiger partial charge >= 0.3 is 0 Å². The summed E-state index contributed by atoms with van der Waals surface area (Å²) >= 11 is 0. The average Bonchev–Trinajstić information content (AvgIpc) is 2.37. The Morgan fingerprint density at radius 1 is 1.89 bits per heavy atom. The SMILES string of the molecule is CN(C=O)c1nc[nH]n1. The van der Waals surface area contributed by atoms with Crippen molar-refractivity contribution in [3.05, 3.63) is 6.33 Å². The lowest BCUT2D eigenvalue weighted by molar-refractivity contribution is -0.107. The zero-order valence-electron chi connectivity index (χ0n) is 4.90. The van der Waals surface area contributed by atoms with Crippen molar-refractivity contribution in [2.75, 3.05) is 11.9 Å². The van der Waals surface area contributed by atoms with E-state index in [-0.39, 0.29) is 0 Å². The van der Waals surface area contributed by atoms with Crippen LogP contribution in [-0.4, -0.2) is 28.6 Å². The number of carbonyl (C=O) groups is 1. The van der Waals surface area contributed by atoms with Crippen molar-refractivity contribution in [3.8, 4) is 0 Å². The number of H-pyrrole nitrogens is 1. The minimum Gasteiger partial charge on any atom is -0.285 e. The van der Waals surface area contributed by atoms with Crippen LogP contribution in [0.5, 0.6) is 0 Å². The Labute approximate surface area is 51.7 Å². The highest BCUT2D eigenvalue weighted by Gasteiger charge is 1.99. The van der Waals surface area contributed by atoms with Crippen LogP contribution in [0.25, 0.3) is 0 Å². The van der Waals surface area contributed by atoms with Gasteiger partial charge in [0.1, 0.15) is 6.33 Å².